The van der Waals surface area contributed by atoms with E-state index in [4.69, 9.17) is 10.5 Å². The molecule has 0 aliphatic carbocycles. The highest BCUT2D eigenvalue weighted by Crippen LogP contribution is 2.32. The average Bonchev–Trinajstić information content (AvgIpc) is 2.39. The molecule has 0 saturated carbocycles. The van der Waals surface area contributed by atoms with E-state index in [-0.39, 0.29) is 6.04 Å². The number of carbonyl (C=O) groups excluding carboxylic acids is 1. The molecule has 1 fully saturated rings. The first-order chi connectivity index (χ1) is 10.2. The Morgan fingerprint density at radius 2 is 2.00 bits per heavy atom. The molecule has 1 heterocycles. The van der Waals surface area contributed by atoms with Crippen LogP contribution in [0.4, 0.5) is 13.6 Å². The van der Waals surface area contributed by atoms with Crippen molar-refractivity contribution in [2.75, 3.05) is 6.54 Å². The van der Waals surface area contributed by atoms with E-state index >= 15 is 0 Å². The summed E-state index contributed by atoms with van der Waals surface area (Å²) in [6.45, 7) is 5.78. The molecule has 122 valence electrons. The van der Waals surface area contributed by atoms with Gasteiger partial charge in [-0.2, -0.15) is 0 Å². The van der Waals surface area contributed by atoms with Crippen molar-refractivity contribution in [2.24, 2.45) is 5.73 Å². The third kappa shape index (κ3) is 3.94. The van der Waals surface area contributed by atoms with Crippen LogP contribution in [0.2, 0.25) is 0 Å². The van der Waals surface area contributed by atoms with Gasteiger partial charge in [-0.3, -0.25) is 0 Å². The molecule has 0 radical (unpaired) electrons. The van der Waals surface area contributed by atoms with Gasteiger partial charge in [0.2, 0.25) is 0 Å². The molecular formula is C16H22F2N2O2. The minimum Gasteiger partial charge on any atom is -0.444 e. The molecule has 0 bridgehead atoms. The van der Waals surface area contributed by atoms with Gasteiger partial charge in [-0.15, -0.1) is 0 Å². The number of hydrogen-bond donors (Lipinski definition) is 1. The van der Waals surface area contributed by atoms with Gasteiger partial charge in [-0.05, 0) is 51.3 Å². The molecule has 2 atom stereocenters. The third-order valence-corrected chi connectivity index (χ3v) is 3.60. The van der Waals surface area contributed by atoms with Crippen molar-refractivity contribution in [1.82, 2.24) is 4.90 Å². The summed E-state index contributed by atoms with van der Waals surface area (Å²) in [5, 5.41) is 0. The maximum Gasteiger partial charge on any atom is 0.410 e. The van der Waals surface area contributed by atoms with Crippen LogP contribution in [0, 0.1) is 11.6 Å². The molecule has 1 aliphatic heterocycles. The van der Waals surface area contributed by atoms with E-state index in [0.717, 1.165) is 12.1 Å². The van der Waals surface area contributed by atoms with Gasteiger partial charge in [-0.1, -0.05) is 6.07 Å². The monoisotopic (exact) mass is 312 g/mol. The lowest BCUT2D eigenvalue weighted by Gasteiger charge is -2.39. The van der Waals surface area contributed by atoms with E-state index in [1.54, 1.807) is 25.7 Å². The molecule has 6 heteroatoms. The van der Waals surface area contributed by atoms with Crippen molar-refractivity contribution >= 4 is 6.09 Å². The van der Waals surface area contributed by atoms with Gasteiger partial charge in [0.15, 0.2) is 11.6 Å². The van der Waals surface area contributed by atoms with Crippen molar-refractivity contribution in [3.8, 4) is 0 Å². The van der Waals surface area contributed by atoms with Crippen LogP contribution in [0.1, 0.15) is 45.2 Å². The average molecular weight is 312 g/mol. The van der Waals surface area contributed by atoms with Crippen LogP contribution in [0.15, 0.2) is 18.2 Å². The number of nitrogens with zero attached hydrogens (tertiary/aromatic N) is 1. The first-order valence-corrected chi connectivity index (χ1v) is 7.37. The first kappa shape index (κ1) is 16.7. The molecule has 1 aliphatic rings. The maximum atomic E-state index is 13.5. The normalized spacial score (nSPS) is 22.5. The van der Waals surface area contributed by atoms with Crippen molar-refractivity contribution in [3.05, 3.63) is 35.4 Å². The smallest absolute Gasteiger partial charge is 0.410 e. The third-order valence-electron chi connectivity index (χ3n) is 3.60. The lowest BCUT2D eigenvalue weighted by atomic mass is 9.92. The Bertz CT molecular complexity index is 558. The Morgan fingerprint density at radius 3 is 2.59 bits per heavy atom. The molecule has 1 amide bonds. The summed E-state index contributed by atoms with van der Waals surface area (Å²) in [7, 11) is 0. The molecule has 2 N–H and O–H groups in total. The molecule has 0 spiro atoms. The van der Waals surface area contributed by atoms with Crippen LogP contribution in [-0.4, -0.2) is 29.2 Å². The molecule has 1 saturated heterocycles. The fraction of sp³-hybridized carbons (Fsp3) is 0.562. The van der Waals surface area contributed by atoms with Crippen molar-refractivity contribution < 1.29 is 18.3 Å². The Hall–Kier alpha value is -1.69. The van der Waals surface area contributed by atoms with Crippen molar-refractivity contribution in [3.63, 3.8) is 0 Å². The van der Waals surface area contributed by atoms with E-state index in [1.165, 1.54) is 6.07 Å². The second-order valence-electron chi connectivity index (χ2n) is 6.65. The van der Waals surface area contributed by atoms with Crippen LogP contribution in [0.25, 0.3) is 0 Å². The van der Waals surface area contributed by atoms with Gasteiger partial charge in [0, 0.05) is 12.6 Å². The fourth-order valence-corrected chi connectivity index (χ4v) is 2.57. The molecular weight excluding hydrogens is 290 g/mol. The molecule has 2 rings (SSSR count). The number of amides is 1. The number of piperidine rings is 1. The van der Waals surface area contributed by atoms with Crippen LogP contribution in [0.3, 0.4) is 0 Å². The highest BCUT2D eigenvalue weighted by atomic mass is 19.2. The number of nitrogens with two attached hydrogens (primary N) is 1. The molecule has 0 aromatic heterocycles. The molecule has 22 heavy (non-hydrogen) atoms. The Kier molecular flexibility index (Phi) is 4.70. The number of carbonyl (C=O) groups is 1. The predicted molar refractivity (Wildman–Crippen MR) is 79.2 cm³/mol. The number of ether oxygens (including phenoxy) is 1. The topological polar surface area (TPSA) is 55.6 Å². The molecule has 4 nitrogen and oxygen atoms in total. The maximum absolute atomic E-state index is 13.5. The van der Waals surface area contributed by atoms with E-state index in [1.807, 2.05) is 0 Å². The first-order valence-electron chi connectivity index (χ1n) is 7.37. The summed E-state index contributed by atoms with van der Waals surface area (Å²) in [5.41, 5.74) is 5.89. The van der Waals surface area contributed by atoms with E-state index in [2.05, 4.69) is 0 Å². The van der Waals surface area contributed by atoms with Crippen LogP contribution < -0.4 is 5.73 Å². The zero-order valence-corrected chi connectivity index (χ0v) is 13.1. The lowest BCUT2D eigenvalue weighted by molar-refractivity contribution is 0.00792. The van der Waals surface area contributed by atoms with Gasteiger partial charge in [0.1, 0.15) is 5.60 Å². The SMILES string of the molecule is CC(C)(C)OC(=O)N1CCC(N)CC1c1ccc(F)c(F)c1. The summed E-state index contributed by atoms with van der Waals surface area (Å²) in [4.78, 5) is 13.9. The number of rotatable bonds is 1. The highest BCUT2D eigenvalue weighted by molar-refractivity contribution is 5.69. The zero-order chi connectivity index (χ0) is 16.5. The Morgan fingerprint density at radius 1 is 1.32 bits per heavy atom. The lowest BCUT2D eigenvalue weighted by Crippen LogP contribution is -2.46. The second-order valence-corrected chi connectivity index (χ2v) is 6.65. The zero-order valence-electron chi connectivity index (χ0n) is 13.1. The summed E-state index contributed by atoms with van der Waals surface area (Å²) in [6.07, 6.45) is 0.679. The van der Waals surface area contributed by atoms with E-state index in [9.17, 15) is 13.6 Å². The predicted octanol–water partition coefficient (Wildman–Crippen LogP) is 3.36. The summed E-state index contributed by atoms with van der Waals surface area (Å²) < 4.78 is 32.0. The van der Waals surface area contributed by atoms with Crippen LogP contribution >= 0.6 is 0 Å². The Labute approximate surface area is 129 Å². The second kappa shape index (κ2) is 6.20. The van der Waals surface area contributed by atoms with Crippen LogP contribution in [-0.2, 0) is 4.74 Å². The van der Waals surface area contributed by atoms with Gasteiger partial charge in [-0.25, -0.2) is 13.6 Å². The molecule has 2 unspecified atom stereocenters. The van der Waals surface area contributed by atoms with Gasteiger partial charge < -0.3 is 15.4 Å². The standard InChI is InChI=1S/C16H22F2N2O2/c1-16(2,3)22-15(21)20-7-6-11(19)9-14(20)10-4-5-12(17)13(18)8-10/h4-5,8,11,14H,6-7,9,19H2,1-3H3. The van der Waals surface area contributed by atoms with Crippen molar-refractivity contribution in [1.29, 1.82) is 0 Å². The summed E-state index contributed by atoms with van der Waals surface area (Å²) in [5.74, 6) is -1.84. The van der Waals surface area contributed by atoms with E-state index < -0.39 is 29.4 Å². The minimum absolute atomic E-state index is 0.0863. The number of likely N-dealkylation sites (tertiary alicyclic amines) is 1. The molecule has 1 aromatic rings. The quantitative estimate of drug-likeness (QED) is 0.865. The number of halogens is 2. The van der Waals surface area contributed by atoms with E-state index in [0.29, 0.717) is 24.9 Å². The van der Waals surface area contributed by atoms with Gasteiger partial charge >= 0.3 is 6.09 Å². The Balaban J connectivity index is 2.26. The van der Waals surface area contributed by atoms with Gasteiger partial charge in [0.25, 0.3) is 0 Å². The largest absolute Gasteiger partial charge is 0.444 e. The summed E-state index contributed by atoms with van der Waals surface area (Å²) in [6, 6.07) is 3.18. The highest BCUT2D eigenvalue weighted by Gasteiger charge is 2.34. The van der Waals surface area contributed by atoms with Crippen molar-refractivity contribution in [2.45, 2.75) is 51.3 Å². The number of hydrogen-bond acceptors (Lipinski definition) is 3. The molecule has 1 aromatic carbocycles. The fourth-order valence-electron chi connectivity index (χ4n) is 2.57. The number of benzene rings is 1. The van der Waals surface area contributed by atoms with Gasteiger partial charge in [0.05, 0.1) is 6.04 Å². The van der Waals surface area contributed by atoms with Crippen LogP contribution in [0.5, 0.6) is 0 Å². The minimum atomic E-state index is -0.930. The summed E-state index contributed by atoms with van der Waals surface area (Å²) >= 11 is 0.